The molecule has 1 amide bonds. The summed E-state index contributed by atoms with van der Waals surface area (Å²) in [5, 5.41) is 12.7. The van der Waals surface area contributed by atoms with Crippen LogP contribution in [0.15, 0.2) is 41.4 Å². The van der Waals surface area contributed by atoms with Crippen molar-refractivity contribution in [2.75, 3.05) is 36.4 Å². The smallest absolute Gasteiger partial charge is 0.257 e. The number of rotatable bonds is 7. The topological polar surface area (TPSA) is 103 Å². The number of anilines is 2. The van der Waals surface area contributed by atoms with Crippen LogP contribution >= 0.6 is 0 Å². The average Bonchev–Trinajstić information content (AvgIpc) is 3.27. The van der Waals surface area contributed by atoms with Crippen LogP contribution in [0.4, 0.5) is 11.5 Å². The third-order valence-corrected chi connectivity index (χ3v) is 6.91. The van der Waals surface area contributed by atoms with Crippen LogP contribution in [-0.2, 0) is 10.0 Å². The lowest BCUT2D eigenvalue weighted by atomic mass is 10.2. The maximum absolute atomic E-state index is 12.7. The number of phenolic OH excluding ortho intramolecular Hbond substituents is 1. The van der Waals surface area contributed by atoms with Crippen LogP contribution in [0.25, 0.3) is 0 Å². The molecule has 0 saturated carbocycles. The normalized spacial score (nSPS) is 14.7. The number of hydrogen-bond acceptors (Lipinski definition) is 6. The molecular weight excluding hydrogens is 392 g/mol. The minimum absolute atomic E-state index is 0.0440. The van der Waals surface area contributed by atoms with Crippen molar-refractivity contribution in [2.45, 2.75) is 31.6 Å². The summed E-state index contributed by atoms with van der Waals surface area (Å²) >= 11 is 0. The number of aromatic hydroxyl groups is 1. The van der Waals surface area contributed by atoms with Gasteiger partial charge in [-0.1, -0.05) is 0 Å². The number of hydrogen-bond donors (Lipinski definition) is 2. The third kappa shape index (κ3) is 4.51. The van der Waals surface area contributed by atoms with E-state index in [-0.39, 0.29) is 16.3 Å². The Morgan fingerprint density at radius 3 is 2.45 bits per heavy atom. The Hall–Kier alpha value is -2.65. The predicted molar refractivity (Wildman–Crippen MR) is 112 cm³/mol. The summed E-state index contributed by atoms with van der Waals surface area (Å²) in [6.07, 6.45) is 3.12. The van der Waals surface area contributed by atoms with Gasteiger partial charge in [0, 0.05) is 32.4 Å². The number of sulfonamides is 1. The van der Waals surface area contributed by atoms with E-state index < -0.39 is 15.9 Å². The number of amides is 1. The second-order valence-electron chi connectivity index (χ2n) is 6.82. The second-order valence-corrected chi connectivity index (χ2v) is 8.76. The van der Waals surface area contributed by atoms with E-state index in [0.29, 0.717) is 18.7 Å². The molecule has 1 aromatic carbocycles. The average molecular weight is 419 g/mol. The van der Waals surface area contributed by atoms with Crippen LogP contribution in [0.5, 0.6) is 5.75 Å². The van der Waals surface area contributed by atoms with Crippen molar-refractivity contribution in [3.63, 3.8) is 0 Å². The third-order valence-electron chi connectivity index (χ3n) is 5.02. The SMILES string of the molecule is CCN(CC)c1ccc(C(=O)Nc2cc(S(=O)(=O)N3CCCC3)ccc2O)cn1. The minimum atomic E-state index is -3.65. The van der Waals surface area contributed by atoms with Gasteiger partial charge in [-0.05, 0) is 57.0 Å². The van der Waals surface area contributed by atoms with Gasteiger partial charge in [-0.25, -0.2) is 13.4 Å². The zero-order chi connectivity index (χ0) is 21.0. The number of nitrogens with one attached hydrogen (secondary N) is 1. The molecule has 1 aliphatic rings. The first-order valence-corrected chi connectivity index (χ1v) is 11.2. The highest BCUT2D eigenvalue weighted by atomic mass is 32.2. The summed E-state index contributed by atoms with van der Waals surface area (Å²) in [4.78, 5) is 19.0. The number of carbonyl (C=O) groups is 1. The van der Waals surface area contributed by atoms with Gasteiger partial charge >= 0.3 is 0 Å². The van der Waals surface area contributed by atoms with Gasteiger partial charge in [-0.3, -0.25) is 4.79 Å². The molecule has 2 heterocycles. The Morgan fingerprint density at radius 2 is 1.86 bits per heavy atom. The van der Waals surface area contributed by atoms with E-state index >= 15 is 0 Å². The van der Waals surface area contributed by atoms with Gasteiger partial charge in [-0.15, -0.1) is 0 Å². The monoisotopic (exact) mass is 418 g/mol. The molecule has 0 aliphatic carbocycles. The van der Waals surface area contributed by atoms with Crippen molar-refractivity contribution < 1.29 is 18.3 Å². The summed E-state index contributed by atoms with van der Waals surface area (Å²) in [6.45, 7) is 6.63. The highest BCUT2D eigenvalue weighted by Gasteiger charge is 2.28. The molecule has 1 fully saturated rings. The molecule has 0 unspecified atom stereocenters. The van der Waals surface area contributed by atoms with Crippen molar-refractivity contribution in [3.05, 3.63) is 42.1 Å². The first-order valence-electron chi connectivity index (χ1n) is 9.72. The van der Waals surface area contributed by atoms with Crippen molar-refractivity contribution in [3.8, 4) is 5.75 Å². The summed E-state index contributed by atoms with van der Waals surface area (Å²) < 4.78 is 26.9. The number of phenols is 1. The summed E-state index contributed by atoms with van der Waals surface area (Å²) in [5.41, 5.74) is 0.358. The zero-order valence-electron chi connectivity index (χ0n) is 16.6. The van der Waals surface area contributed by atoms with Gasteiger partial charge in [0.05, 0.1) is 16.1 Å². The van der Waals surface area contributed by atoms with E-state index in [1.807, 2.05) is 13.8 Å². The number of carbonyl (C=O) groups excluding carboxylic acids is 1. The van der Waals surface area contributed by atoms with Crippen molar-refractivity contribution in [2.24, 2.45) is 0 Å². The van der Waals surface area contributed by atoms with Crippen molar-refractivity contribution >= 4 is 27.4 Å². The van der Waals surface area contributed by atoms with Gasteiger partial charge in [-0.2, -0.15) is 4.31 Å². The molecule has 0 spiro atoms. The number of nitrogens with zero attached hydrogens (tertiary/aromatic N) is 3. The molecule has 0 bridgehead atoms. The number of pyridine rings is 1. The highest BCUT2D eigenvalue weighted by Crippen LogP contribution is 2.29. The lowest BCUT2D eigenvalue weighted by Gasteiger charge is -2.19. The molecule has 3 rings (SSSR count). The molecule has 1 aromatic heterocycles. The van der Waals surface area contributed by atoms with Crippen LogP contribution in [0.3, 0.4) is 0 Å². The maximum Gasteiger partial charge on any atom is 0.257 e. The fourth-order valence-electron chi connectivity index (χ4n) is 3.30. The molecule has 29 heavy (non-hydrogen) atoms. The Labute approximate surface area is 171 Å². The molecule has 1 saturated heterocycles. The summed E-state index contributed by atoms with van der Waals surface area (Å²) in [7, 11) is -3.65. The molecule has 2 aromatic rings. The summed E-state index contributed by atoms with van der Waals surface area (Å²) in [6, 6.07) is 7.33. The van der Waals surface area contributed by atoms with Gasteiger partial charge in [0.1, 0.15) is 11.6 Å². The highest BCUT2D eigenvalue weighted by molar-refractivity contribution is 7.89. The zero-order valence-corrected chi connectivity index (χ0v) is 17.4. The van der Waals surface area contributed by atoms with Gasteiger partial charge in [0.25, 0.3) is 5.91 Å². The quantitative estimate of drug-likeness (QED) is 0.670. The number of aromatic nitrogens is 1. The molecule has 156 valence electrons. The first kappa shape index (κ1) is 21.1. The Balaban J connectivity index is 1.80. The lowest BCUT2D eigenvalue weighted by Crippen LogP contribution is -2.28. The summed E-state index contributed by atoms with van der Waals surface area (Å²) in [5.74, 6) is 0.0918. The van der Waals surface area contributed by atoms with Gasteiger partial charge < -0.3 is 15.3 Å². The molecule has 1 aliphatic heterocycles. The maximum atomic E-state index is 12.7. The van der Waals surface area contributed by atoms with E-state index in [4.69, 9.17) is 0 Å². The molecular formula is C20H26N4O4S. The largest absolute Gasteiger partial charge is 0.506 e. The van der Waals surface area contributed by atoms with Crippen LogP contribution in [0.1, 0.15) is 37.0 Å². The van der Waals surface area contributed by atoms with Crippen LogP contribution in [0, 0.1) is 0 Å². The van der Waals surface area contributed by atoms with Crippen LogP contribution in [-0.4, -0.2) is 54.9 Å². The fraction of sp³-hybridized carbons (Fsp3) is 0.400. The Bertz CT molecular complexity index is 966. The molecule has 8 nitrogen and oxygen atoms in total. The van der Waals surface area contributed by atoms with Gasteiger partial charge in [0.15, 0.2) is 0 Å². The van der Waals surface area contributed by atoms with Gasteiger partial charge in [0.2, 0.25) is 10.0 Å². The fourth-order valence-corrected chi connectivity index (χ4v) is 4.85. The van der Waals surface area contributed by atoms with E-state index in [0.717, 1.165) is 31.7 Å². The van der Waals surface area contributed by atoms with E-state index in [2.05, 4.69) is 15.2 Å². The van der Waals surface area contributed by atoms with Crippen LogP contribution in [0.2, 0.25) is 0 Å². The number of benzene rings is 1. The standard InChI is InChI=1S/C20H26N4O4S/c1-3-23(4-2)19-10-7-15(14-21-19)20(26)22-17-13-16(8-9-18(17)25)29(27,28)24-11-5-6-12-24/h7-10,13-14,25H,3-6,11-12H2,1-2H3,(H,22,26). The predicted octanol–water partition coefficient (Wildman–Crippen LogP) is 2.67. The molecule has 9 heteroatoms. The first-order chi connectivity index (χ1) is 13.9. The van der Waals surface area contributed by atoms with Crippen molar-refractivity contribution in [1.29, 1.82) is 0 Å². The lowest BCUT2D eigenvalue weighted by molar-refractivity contribution is 0.102. The van der Waals surface area contributed by atoms with E-state index in [1.54, 1.807) is 12.1 Å². The van der Waals surface area contributed by atoms with E-state index in [1.165, 1.54) is 28.7 Å². The second kappa shape index (κ2) is 8.79. The minimum Gasteiger partial charge on any atom is -0.506 e. The van der Waals surface area contributed by atoms with Crippen LogP contribution < -0.4 is 10.2 Å². The molecule has 2 N–H and O–H groups in total. The van der Waals surface area contributed by atoms with E-state index in [9.17, 15) is 18.3 Å². The Kier molecular flexibility index (Phi) is 6.39. The molecule has 0 radical (unpaired) electrons. The Morgan fingerprint density at radius 1 is 1.17 bits per heavy atom. The molecule has 0 atom stereocenters. The van der Waals surface area contributed by atoms with Crippen molar-refractivity contribution in [1.82, 2.24) is 9.29 Å².